The van der Waals surface area contributed by atoms with Crippen LogP contribution in [-0.2, 0) is 12.6 Å². The summed E-state index contributed by atoms with van der Waals surface area (Å²) in [5.41, 5.74) is 6.88. The molecule has 0 spiro atoms. The van der Waals surface area contributed by atoms with Gasteiger partial charge in [0.2, 0.25) is 0 Å². The molecule has 4 nitrogen and oxygen atoms in total. The number of H-pyrrole nitrogens is 1. The van der Waals surface area contributed by atoms with Gasteiger partial charge >= 0.3 is 6.18 Å². The van der Waals surface area contributed by atoms with E-state index in [0.717, 1.165) is 12.1 Å². The van der Waals surface area contributed by atoms with Crippen LogP contribution in [0.15, 0.2) is 42.5 Å². The number of nitrogens with zero attached hydrogens (tertiary/aromatic N) is 2. The van der Waals surface area contributed by atoms with E-state index in [1.54, 1.807) is 18.2 Å². The Morgan fingerprint density at radius 3 is 2.42 bits per heavy atom. The summed E-state index contributed by atoms with van der Waals surface area (Å²) in [4.78, 5) is 4.33. The van der Waals surface area contributed by atoms with Crippen molar-refractivity contribution in [3.05, 3.63) is 64.4 Å². The summed E-state index contributed by atoms with van der Waals surface area (Å²) in [6.07, 6.45) is -4.00. The van der Waals surface area contributed by atoms with Crippen LogP contribution in [-0.4, -0.2) is 15.2 Å². The summed E-state index contributed by atoms with van der Waals surface area (Å²) < 4.78 is 37.7. The van der Waals surface area contributed by atoms with Gasteiger partial charge in [-0.05, 0) is 35.9 Å². The van der Waals surface area contributed by atoms with E-state index in [1.165, 1.54) is 12.1 Å². The molecule has 0 amide bonds. The number of hydrogen-bond acceptors (Lipinski definition) is 3. The Balaban J connectivity index is 1.77. The number of aromatic amines is 1. The lowest BCUT2D eigenvalue weighted by Crippen LogP contribution is -2.04. The van der Waals surface area contributed by atoms with Crippen LogP contribution in [0.2, 0.25) is 5.02 Å². The van der Waals surface area contributed by atoms with Gasteiger partial charge in [0.25, 0.3) is 0 Å². The summed E-state index contributed by atoms with van der Waals surface area (Å²) in [5.74, 6) is 0.985. The zero-order chi connectivity index (χ0) is 17.3. The van der Waals surface area contributed by atoms with E-state index in [4.69, 9.17) is 17.3 Å². The molecule has 24 heavy (non-hydrogen) atoms. The third-order valence-corrected chi connectivity index (χ3v) is 3.78. The minimum atomic E-state index is -4.34. The van der Waals surface area contributed by atoms with Crippen molar-refractivity contribution in [3.63, 3.8) is 0 Å². The number of hydrogen-bond donors (Lipinski definition) is 2. The number of halogens is 4. The highest BCUT2D eigenvalue weighted by Gasteiger charge is 2.29. The van der Waals surface area contributed by atoms with Crippen molar-refractivity contribution in [2.75, 3.05) is 5.73 Å². The fourth-order valence-corrected chi connectivity index (χ4v) is 2.31. The first-order valence-electron chi connectivity index (χ1n) is 6.96. The maximum Gasteiger partial charge on any atom is 0.416 e. The number of nitrogens with one attached hydrogen (secondary N) is 1. The van der Waals surface area contributed by atoms with E-state index in [1.807, 2.05) is 0 Å². The molecule has 0 aliphatic carbocycles. The van der Waals surface area contributed by atoms with Gasteiger partial charge in [0, 0.05) is 12.0 Å². The Labute approximate surface area is 140 Å². The highest BCUT2D eigenvalue weighted by molar-refractivity contribution is 6.33. The fourth-order valence-electron chi connectivity index (χ4n) is 2.19. The van der Waals surface area contributed by atoms with Crippen molar-refractivity contribution in [1.82, 2.24) is 15.2 Å². The molecule has 0 bridgehead atoms. The Kier molecular flexibility index (Phi) is 4.19. The molecule has 124 valence electrons. The normalized spacial score (nSPS) is 11.7. The molecule has 0 saturated carbocycles. The van der Waals surface area contributed by atoms with E-state index >= 15 is 0 Å². The minimum Gasteiger partial charge on any atom is -0.398 e. The van der Waals surface area contributed by atoms with Crippen molar-refractivity contribution in [1.29, 1.82) is 0 Å². The molecule has 2 aromatic carbocycles. The number of rotatable bonds is 3. The van der Waals surface area contributed by atoms with Crippen LogP contribution >= 0.6 is 11.6 Å². The SMILES string of the molecule is Nc1cc(-c2n[nH]c(Cc3ccc(C(F)(F)F)cc3)n2)ccc1Cl. The monoisotopic (exact) mass is 352 g/mol. The second-order valence-corrected chi connectivity index (χ2v) is 5.62. The summed E-state index contributed by atoms with van der Waals surface area (Å²) in [5, 5.41) is 7.31. The molecule has 0 aliphatic heterocycles. The molecule has 0 atom stereocenters. The molecule has 0 fully saturated rings. The lowest BCUT2D eigenvalue weighted by atomic mass is 10.1. The number of nitrogen functional groups attached to an aromatic ring is 1. The lowest BCUT2D eigenvalue weighted by molar-refractivity contribution is -0.137. The standard InChI is InChI=1S/C16H12ClF3N4/c17-12-6-3-10(8-13(12)21)15-22-14(23-24-15)7-9-1-4-11(5-2-9)16(18,19)20/h1-6,8H,7,21H2,(H,22,23,24). The predicted octanol–water partition coefficient (Wildman–Crippen LogP) is 4.32. The molecular formula is C16H12ClF3N4. The number of anilines is 1. The Morgan fingerprint density at radius 2 is 1.79 bits per heavy atom. The van der Waals surface area contributed by atoms with Crippen molar-refractivity contribution in [3.8, 4) is 11.4 Å². The smallest absolute Gasteiger partial charge is 0.398 e. The molecule has 0 saturated heterocycles. The predicted molar refractivity (Wildman–Crippen MR) is 85.5 cm³/mol. The summed E-state index contributed by atoms with van der Waals surface area (Å²) in [6, 6.07) is 9.99. The zero-order valence-corrected chi connectivity index (χ0v) is 13.0. The van der Waals surface area contributed by atoms with Crippen LogP contribution in [0.4, 0.5) is 18.9 Å². The Morgan fingerprint density at radius 1 is 1.08 bits per heavy atom. The number of benzene rings is 2. The molecule has 0 unspecified atom stereocenters. The molecular weight excluding hydrogens is 341 g/mol. The van der Waals surface area contributed by atoms with E-state index in [-0.39, 0.29) is 0 Å². The van der Waals surface area contributed by atoms with Gasteiger partial charge in [-0.3, -0.25) is 5.10 Å². The third kappa shape index (κ3) is 3.51. The second-order valence-electron chi connectivity index (χ2n) is 5.21. The molecule has 8 heteroatoms. The third-order valence-electron chi connectivity index (χ3n) is 3.44. The first kappa shape index (κ1) is 16.3. The topological polar surface area (TPSA) is 67.6 Å². The molecule has 3 rings (SSSR count). The van der Waals surface area contributed by atoms with Crippen LogP contribution in [0.5, 0.6) is 0 Å². The second kappa shape index (κ2) is 6.16. The first-order chi connectivity index (χ1) is 11.3. The van der Waals surface area contributed by atoms with Crippen molar-refractivity contribution < 1.29 is 13.2 Å². The minimum absolute atomic E-state index is 0.341. The van der Waals surface area contributed by atoms with E-state index < -0.39 is 11.7 Å². The van der Waals surface area contributed by atoms with Gasteiger partial charge in [0.15, 0.2) is 5.82 Å². The summed E-state index contributed by atoms with van der Waals surface area (Å²) >= 11 is 5.87. The van der Waals surface area contributed by atoms with Crippen LogP contribution in [0.1, 0.15) is 17.0 Å². The van der Waals surface area contributed by atoms with Crippen LogP contribution < -0.4 is 5.73 Å². The van der Waals surface area contributed by atoms with Gasteiger partial charge in [-0.2, -0.15) is 18.3 Å². The number of aromatic nitrogens is 3. The van der Waals surface area contributed by atoms with E-state index in [2.05, 4.69) is 15.2 Å². The maximum absolute atomic E-state index is 12.6. The Bertz CT molecular complexity index is 857. The van der Waals surface area contributed by atoms with Crippen molar-refractivity contribution in [2.45, 2.75) is 12.6 Å². The quantitative estimate of drug-likeness (QED) is 0.690. The largest absolute Gasteiger partial charge is 0.416 e. The van der Waals surface area contributed by atoms with Gasteiger partial charge in [0.1, 0.15) is 5.82 Å². The zero-order valence-electron chi connectivity index (χ0n) is 12.2. The number of nitrogens with two attached hydrogens (primary N) is 1. The number of alkyl halides is 3. The molecule has 0 radical (unpaired) electrons. The highest BCUT2D eigenvalue weighted by atomic mass is 35.5. The average molecular weight is 353 g/mol. The molecule has 1 aromatic heterocycles. The van der Waals surface area contributed by atoms with Crippen molar-refractivity contribution >= 4 is 17.3 Å². The lowest BCUT2D eigenvalue weighted by Gasteiger charge is -2.06. The van der Waals surface area contributed by atoms with Gasteiger partial charge < -0.3 is 5.73 Å². The highest BCUT2D eigenvalue weighted by Crippen LogP contribution is 2.29. The fraction of sp³-hybridized carbons (Fsp3) is 0.125. The van der Waals surface area contributed by atoms with Gasteiger partial charge in [-0.15, -0.1) is 0 Å². The molecule has 3 N–H and O–H groups in total. The summed E-state index contributed by atoms with van der Waals surface area (Å²) in [6.45, 7) is 0. The van der Waals surface area contributed by atoms with Crippen LogP contribution in [0.25, 0.3) is 11.4 Å². The van der Waals surface area contributed by atoms with Gasteiger partial charge in [-0.25, -0.2) is 4.98 Å². The molecule has 1 heterocycles. The van der Waals surface area contributed by atoms with E-state index in [0.29, 0.717) is 39.9 Å². The molecule has 0 aliphatic rings. The first-order valence-corrected chi connectivity index (χ1v) is 7.33. The summed E-state index contributed by atoms with van der Waals surface area (Å²) in [7, 11) is 0. The van der Waals surface area contributed by atoms with Crippen molar-refractivity contribution in [2.24, 2.45) is 0 Å². The Hall–Kier alpha value is -2.54. The van der Waals surface area contributed by atoms with Gasteiger partial charge in [0.05, 0.1) is 16.3 Å². The van der Waals surface area contributed by atoms with Gasteiger partial charge in [-0.1, -0.05) is 23.7 Å². The molecule has 3 aromatic rings. The van der Waals surface area contributed by atoms with Crippen LogP contribution in [0.3, 0.4) is 0 Å². The average Bonchev–Trinajstić information content (AvgIpc) is 2.98. The maximum atomic E-state index is 12.6. The van der Waals surface area contributed by atoms with E-state index in [9.17, 15) is 13.2 Å². The van der Waals surface area contributed by atoms with Crippen LogP contribution in [0, 0.1) is 0 Å².